The lowest BCUT2D eigenvalue weighted by molar-refractivity contribution is -0.132. The second kappa shape index (κ2) is 7.26. The maximum atomic E-state index is 12.7. The number of anilines is 1. The van der Waals surface area contributed by atoms with Gasteiger partial charge in [0.25, 0.3) is 5.56 Å². The van der Waals surface area contributed by atoms with Crippen molar-refractivity contribution in [3.05, 3.63) is 50.6 Å². The van der Waals surface area contributed by atoms with Crippen LogP contribution in [0.25, 0.3) is 0 Å². The van der Waals surface area contributed by atoms with Crippen LogP contribution in [-0.4, -0.2) is 56.1 Å². The number of hydrogen-bond donors (Lipinski definition) is 0. The first-order chi connectivity index (χ1) is 13.6. The molecule has 2 aromatic rings. The molecule has 0 aromatic carbocycles. The summed E-state index contributed by atoms with van der Waals surface area (Å²) in [4.78, 5) is 49.9. The van der Waals surface area contributed by atoms with Crippen LogP contribution >= 0.6 is 0 Å². The summed E-state index contributed by atoms with van der Waals surface area (Å²) in [5, 5.41) is 9.33. The van der Waals surface area contributed by atoms with Gasteiger partial charge in [-0.05, 0) is 18.9 Å². The van der Waals surface area contributed by atoms with E-state index in [4.69, 9.17) is 0 Å². The lowest BCUT2D eigenvalue weighted by Crippen LogP contribution is -2.52. The summed E-state index contributed by atoms with van der Waals surface area (Å²) in [6, 6.07) is 3.64. The van der Waals surface area contributed by atoms with E-state index in [2.05, 4.69) is 9.97 Å². The minimum atomic E-state index is -0.676. The highest BCUT2D eigenvalue weighted by atomic mass is 16.2. The predicted molar refractivity (Wildman–Crippen MR) is 98.8 cm³/mol. The van der Waals surface area contributed by atoms with E-state index in [9.17, 15) is 19.6 Å². The summed E-state index contributed by atoms with van der Waals surface area (Å²) < 4.78 is 2.33. The van der Waals surface area contributed by atoms with Crippen LogP contribution in [0.2, 0.25) is 0 Å². The Hall–Kier alpha value is -3.48. The molecule has 0 saturated carbocycles. The van der Waals surface area contributed by atoms with Crippen molar-refractivity contribution >= 4 is 11.9 Å². The zero-order valence-electron chi connectivity index (χ0n) is 15.2. The van der Waals surface area contributed by atoms with Gasteiger partial charge in [-0.25, -0.2) is 19.3 Å². The molecule has 28 heavy (non-hydrogen) atoms. The van der Waals surface area contributed by atoms with Crippen molar-refractivity contribution in [2.75, 3.05) is 31.1 Å². The van der Waals surface area contributed by atoms with E-state index in [0.717, 1.165) is 4.57 Å². The van der Waals surface area contributed by atoms with Crippen LogP contribution in [-0.2, 0) is 24.3 Å². The third-order valence-corrected chi connectivity index (χ3v) is 5.20. The van der Waals surface area contributed by atoms with Crippen molar-refractivity contribution in [1.29, 1.82) is 5.26 Å². The number of nitriles is 1. The van der Waals surface area contributed by atoms with Crippen LogP contribution in [0, 0.1) is 11.3 Å². The molecular weight excluding hydrogens is 362 g/mol. The van der Waals surface area contributed by atoms with Gasteiger partial charge in [-0.1, -0.05) is 0 Å². The molecule has 2 aliphatic heterocycles. The molecule has 2 aliphatic rings. The van der Waals surface area contributed by atoms with E-state index < -0.39 is 11.2 Å². The second-order valence-electron chi connectivity index (χ2n) is 6.78. The number of fused-ring (bicyclic) bond motifs is 1. The minimum Gasteiger partial charge on any atom is -0.338 e. The molecule has 0 unspecified atom stereocenters. The monoisotopic (exact) mass is 381 g/mol. The van der Waals surface area contributed by atoms with Crippen LogP contribution in [0.3, 0.4) is 0 Å². The quantitative estimate of drug-likeness (QED) is 0.667. The molecule has 10 heteroatoms. The van der Waals surface area contributed by atoms with Gasteiger partial charge >= 0.3 is 5.69 Å². The number of hydrogen-bond acceptors (Lipinski definition) is 7. The number of piperazine rings is 1. The third-order valence-electron chi connectivity index (χ3n) is 5.20. The van der Waals surface area contributed by atoms with Gasteiger partial charge < -0.3 is 9.80 Å². The fraction of sp³-hybridized carbons (Fsp3) is 0.444. The number of carbonyl (C=O) groups is 1. The van der Waals surface area contributed by atoms with Gasteiger partial charge in [-0.2, -0.15) is 5.26 Å². The number of aromatic nitrogens is 4. The average molecular weight is 381 g/mol. The average Bonchev–Trinajstić information content (AvgIpc) is 3.22. The second-order valence-corrected chi connectivity index (χ2v) is 6.78. The lowest BCUT2D eigenvalue weighted by atomic mass is 10.2. The summed E-state index contributed by atoms with van der Waals surface area (Å²) in [5.74, 6) is 0.302. The first kappa shape index (κ1) is 17.9. The van der Waals surface area contributed by atoms with Crippen LogP contribution in [0.15, 0.2) is 28.0 Å². The Bertz CT molecular complexity index is 1060. The molecule has 2 aromatic heterocycles. The molecule has 4 heterocycles. The Labute approximate surface area is 160 Å². The predicted octanol–water partition coefficient (Wildman–Crippen LogP) is -1.03. The maximum Gasteiger partial charge on any atom is 0.331 e. The molecule has 1 saturated heterocycles. The van der Waals surface area contributed by atoms with Crippen LogP contribution in [0.5, 0.6) is 0 Å². The molecule has 144 valence electrons. The highest BCUT2D eigenvalue weighted by Crippen LogP contribution is 2.13. The molecule has 0 aliphatic carbocycles. The zero-order chi connectivity index (χ0) is 19.7. The fourth-order valence-corrected chi connectivity index (χ4v) is 3.73. The summed E-state index contributed by atoms with van der Waals surface area (Å²) in [5.41, 5.74) is -0.736. The number of rotatable bonds is 3. The van der Waals surface area contributed by atoms with E-state index in [-0.39, 0.29) is 18.0 Å². The van der Waals surface area contributed by atoms with E-state index in [1.165, 1.54) is 4.57 Å². The van der Waals surface area contributed by atoms with Crippen LogP contribution < -0.4 is 16.1 Å². The molecule has 4 rings (SSSR count). The van der Waals surface area contributed by atoms with Gasteiger partial charge in [-0.3, -0.25) is 14.2 Å². The van der Waals surface area contributed by atoms with E-state index in [1.54, 1.807) is 23.4 Å². The van der Waals surface area contributed by atoms with Gasteiger partial charge in [0.05, 0.1) is 0 Å². The molecule has 1 fully saturated rings. The van der Waals surface area contributed by atoms with Crippen molar-refractivity contribution < 1.29 is 4.79 Å². The van der Waals surface area contributed by atoms with E-state index in [0.29, 0.717) is 57.2 Å². The van der Waals surface area contributed by atoms with Crippen molar-refractivity contribution in [3.63, 3.8) is 0 Å². The van der Waals surface area contributed by atoms with Gasteiger partial charge in [0.2, 0.25) is 11.9 Å². The van der Waals surface area contributed by atoms with Crippen molar-refractivity contribution in [1.82, 2.24) is 24.0 Å². The summed E-state index contributed by atoms with van der Waals surface area (Å²) >= 11 is 0. The number of nitrogens with zero attached hydrogens (tertiary/aromatic N) is 7. The van der Waals surface area contributed by atoms with Crippen molar-refractivity contribution in [2.45, 2.75) is 25.9 Å². The molecular formula is C18H19N7O3. The highest BCUT2D eigenvalue weighted by molar-refractivity contribution is 5.76. The normalized spacial score (nSPS) is 16.0. The SMILES string of the molecule is N#Cc1c2n(c(=O)n(CC(=O)N3CCN(c4ncccn4)CC3)c1=O)CCC2. The Morgan fingerprint density at radius 1 is 1.11 bits per heavy atom. The van der Waals surface area contributed by atoms with Gasteiger partial charge in [0.15, 0.2) is 0 Å². The van der Waals surface area contributed by atoms with Crippen LogP contribution in [0.4, 0.5) is 5.95 Å². The van der Waals surface area contributed by atoms with Crippen molar-refractivity contribution in [3.8, 4) is 6.07 Å². The molecule has 0 atom stereocenters. The Morgan fingerprint density at radius 2 is 1.82 bits per heavy atom. The molecule has 0 spiro atoms. The van der Waals surface area contributed by atoms with E-state index >= 15 is 0 Å². The summed E-state index contributed by atoms with van der Waals surface area (Å²) in [6.07, 6.45) is 4.58. The van der Waals surface area contributed by atoms with Crippen molar-refractivity contribution in [2.24, 2.45) is 0 Å². The smallest absolute Gasteiger partial charge is 0.331 e. The number of amides is 1. The van der Waals surface area contributed by atoms with Gasteiger partial charge in [0, 0.05) is 50.8 Å². The molecule has 10 nitrogen and oxygen atoms in total. The van der Waals surface area contributed by atoms with Gasteiger partial charge in [-0.15, -0.1) is 0 Å². The zero-order valence-corrected chi connectivity index (χ0v) is 15.2. The standard InChI is InChI=1S/C18H19N7O3/c19-11-13-14-3-1-6-24(14)18(28)25(16(13)27)12-15(26)22-7-9-23(10-8-22)17-20-4-2-5-21-17/h2,4-5H,1,3,6-10,12H2. The highest BCUT2D eigenvalue weighted by Gasteiger charge is 2.26. The molecule has 0 bridgehead atoms. The maximum absolute atomic E-state index is 12.7. The third kappa shape index (κ3) is 3.05. The summed E-state index contributed by atoms with van der Waals surface area (Å²) in [7, 11) is 0. The molecule has 0 N–H and O–H groups in total. The molecule has 0 radical (unpaired) electrons. The Balaban J connectivity index is 1.50. The number of carbonyl (C=O) groups excluding carboxylic acids is 1. The van der Waals surface area contributed by atoms with E-state index in [1.807, 2.05) is 11.0 Å². The fourth-order valence-electron chi connectivity index (χ4n) is 3.73. The molecule has 1 amide bonds. The summed E-state index contributed by atoms with van der Waals surface area (Å²) in [6.45, 7) is 2.14. The largest absolute Gasteiger partial charge is 0.338 e. The Kier molecular flexibility index (Phi) is 4.65. The first-order valence-corrected chi connectivity index (χ1v) is 9.16. The lowest BCUT2D eigenvalue weighted by Gasteiger charge is -2.34. The Morgan fingerprint density at radius 3 is 2.50 bits per heavy atom. The topological polar surface area (TPSA) is 117 Å². The van der Waals surface area contributed by atoms with Crippen LogP contribution in [0.1, 0.15) is 17.7 Å². The first-order valence-electron chi connectivity index (χ1n) is 9.16. The minimum absolute atomic E-state index is 0.0315. The van der Waals surface area contributed by atoms with Gasteiger partial charge in [0.1, 0.15) is 18.2 Å².